The molecule has 0 aliphatic heterocycles. The number of aliphatic imine (C=N–C) groups is 1. The first kappa shape index (κ1) is 15.5. The molecule has 0 amide bonds. The first-order valence-corrected chi connectivity index (χ1v) is 6.92. The first-order chi connectivity index (χ1) is 10.7. The zero-order valence-corrected chi connectivity index (χ0v) is 12.3. The van der Waals surface area contributed by atoms with Crippen molar-refractivity contribution in [3.63, 3.8) is 0 Å². The topological polar surface area (TPSA) is 58.9 Å². The number of ether oxygens (including phenoxy) is 1. The van der Waals surface area contributed by atoms with E-state index in [0.29, 0.717) is 12.1 Å². The Morgan fingerprint density at radius 3 is 2.41 bits per heavy atom. The van der Waals surface area contributed by atoms with Gasteiger partial charge in [-0.25, -0.2) is 9.79 Å². The van der Waals surface area contributed by atoms with Gasteiger partial charge < -0.3 is 9.84 Å². The maximum atomic E-state index is 11.3. The summed E-state index contributed by atoms with van der Waals surface area (Å²) in [6.07, 6.45) is 0.721. The highest BCUT2D eigenvalue weighted by Crippen LogP contribution is 2.12. The third kappa shape index (κ3) is 4.33. The maximum absolute atomic E-state index is 11.3. The summed E-state index contributed by atoms with van der Waals surface area (Å²) in [6.45, 7) is 0.482. The fourth-order valence-electron chi connectivity index (χ4n) is 1.95. The predicted octanol–water partition coefficient (Wildman–Crippen LogP) is 3.08. The Balaban J connectivity index is 2.06. The lowest BCUT2D eigenvalue weighted by atomic mass is 10.1. The van der Waals surface area contributed by atoms with Crippen LogP contribution in [0.15, 0.2) is 59.6 Å². The van der Waals surface area contributed by atoms with Gasteiger partial charge >= 0.3 is 5.97 Å². The third-order valence-electron chi connectivity index (χ3n) is 3.14. The van der Waals surface area contributed by atoms with Crippen LogP contribution in [0.3, 0.4) is 0 Å². The molecule has 0 aromatic heterocycles. The molecule has 0 atom stereocenters. The largest absolute Gasteiger partial charge is 0.497 e. The van der Waals surface area contributed by atoms with Crippen molar-refractivity contribution in [2.75, 3.05) is 13.7 Å². The van der Waals surface area contributed by atoms with Crippen LogP contribution >= 0.6 is 0 Å². The molecule has 112 valence electrons. The molecule has 22 heavy (non-hydrogen) atoms. The van der Waals surface area contributed by atoms with Gasteiger partial charge in [-0.15, -0.1) is 0 Å². The Morgan fingerprint density at radius 1 is 1.14 bits per heavy atom. The Bertz CT molecular complexity index is 684. The average Bonchev–Trinajstić information content (AvgIpc) is 2.56. The zero-order valence-electron chi connectivity index (χ0n) is 12.3. The number of carboxylic acid groups (broad SMARTS) is 1. The molecule has 0 fully saturated rings. The number of methoxy groups -OCH3 is 1. The van der Waals surface area contributed by atoms with E-state index < -0.39 is 5.97 Å². The summed E-state index contributed by atoms with van der Waals surface area (Å²) in [4.78, 5) is 15.4. The highest BCUT2D eigenvalue weighted by Gasteiger charge is 2.08. The number of benzene rings is 2. The van der Waals surface area contributed by atoms with Crippen LogP contribution in [0.2, 0.25) is 0 Å². The number of nitrogens with zero attached hydrogens (tertiary/aromatic N) is 1. The van der Waals surface area contributed by atoms with Crippen LogP contribution in [-0.4, -0.2) is 30.6 Å². The van der Waals surface area contributed by atoms with Crippen molar-refractivity contribution in [1.82, 2.24) is 0 Å². The van der Waals surface area contributed by atoms with E-state index in [4.69, 9.17) is 4.74 Å². The number of rotatable bonds is 6. The molecule has 2 rings (SSSR count). The molecule has 0 heterocycles. The smallest absolute Gasteiger partial charge is 0.345 e. The van der Waals surface area contributed by atoms with Crippen LogP contribution in [0.4, 0.5) is 0 Å². The molecular formula is C18H17NO3. The second-order valence-electron chi connectivity index (χ2n) is 4.64. The number of hydrogen-bond acceptors (Lipinski definition) is 3. The minimum absolute atomic E-state index is 0.0790. The molecule has 0 saturated heterocycles. The van der Waals surface area contributed by atoms with Crippen LogP contribution in [0.1, 0.15) is 11.1 Å². The summed E-state index contributed by atoms with van der Waals surface area (Å²) in [5.74, 6) is 2.43. The van der Waals surface area contributed by atoms with E-state index >= 15 is 0 Å². The Hall–Kier alpha value is -2.84. The van der Waals surface area contributed by atoms with Gasteiger partial charge in [-0.2, -0.15) is 0 Å². The van der Waals surface area contributed by atoms with E-state index in [1.54, 1.807) is 31.4 Å². The van der Waals surface area contributed by atoms with Crippen molar-refractivity contribution in [3.05, 3.63) is 65.7 Å². The summed E-state index contributed by atoms with van der Waals surface area (Å²) >= 11 is 0. The number of hydrogen-bond donors (Lipinski definition) is 1. The van der Waals surface area contributed by atoms with Crippen molar-refractivity contribution in [2.24, 2.45) is 4.99 Å². The summed E-state index contributed by atoms with van der Waals surface area (Å²) in [5.41, 5.74) is 1.79. The van der Waals surface area contributed by atoms with Crippen molar-refractivity contribution in [1.29, 1.82) is 0 Å². The number of carbonyl (C=O) groups is 1. The molecular weight excluding hydrogens is 278 g/mol. The van der Waals surface area contributed by atoms with E-state index in [9.17, 15) is 9.90 Å². The molecule has 1 N–H and O–H groups in total. The summed E-state index contributed by atoms with van der Waals surface area (Å²) < 4.78 is 5.10. The highest BCUT2D eigenvalue weighted by molar-refractivity contribution is 6.25. The monoisotopic (exact) mass is 295 g/mol. The minimum atomic E-state index is -1.03. The first-order valence-electron chi connectivity index (χ1n) is 6.92. The Labute approximate surface area is 129 Å². The number of aliphatic carboxylic acids is 1. The van der Waals surface area contributed by atoms with Gasteiger partial charge in [0.2, 0.25) is 0 Å². The fraction of sp³-hybridized carbons (Fsp3) is 0.167. The molecule has 0 unspecified atom stereocenters. The van der Waals surface area contributed by atoms with Crippen molar-refractivity contribution in [3.8, 4) is 5.75 Å². The van der Waals surface area contributed by atoms with Crippen molar-refractivity contribution in [2.45, 2.75) is 6.42 Å². The van der Waals surface area contributed by atoms with Gasteiger partial charge in [-0.05, 0) is 35.6 Å². The van der Waals surface area contributed by atoms with Gasteiger partial charge in [-0.1, -0.05) is 42.5 Å². The van der Waals surface area contributed by atoms with Gasteiger partial charge in [0.05, 0.1) is 13.7 Å². The van der Waals surface area contributed by atoms with Crippen molar-refractivity contribution < 1.29 is 14.6 Å². The molecule has 0 aliphatic carbocycles. The lowest BCUT2D eigenvalue weighted by Gasteiger charge is -2.01. The molecule has 0 saturated carbocycles. The van der Waals surface area contributed by atoms with Crippen molar-refractivity contribution >= 4 is 17.4 Å². The van der Waals surface area contributed by atoms with Crippen LogP contribution in [0, 0.1) is 0 Å². The molecule has 2 aromatic carbocycles. The lowest BCUT2D eigenvalue weighted by Crippen LogP contribution is -2.00. The minimum Gasteiger partial charge on any atom is -0.497 e. The van der Waals surface area contributed by atoms with Gasteiger partial charge in [0.1, 0.15) is 11.3 Å². The molecule has 0 spiro atoms. The van der Waals surface area contributed by atoms with E-state index in [1.807, 2.05) is 30.3 Å². The lowest BCUT2D eigenvalue weighted by molar-refractivity contribution is -0.130. The highest BCUT2D eigenvalue weighted by atomic mass is 16.5. The average molecular weight is 295 g/mol. The van der Waals surface area contributed by atoms with Crippen LogP contribution in [-0.2, 0) is 11.2 Å². The molecule has 4 nitrogen and oxygen atoms in total. The SMILES string of the molecule is COc1ccc(CCN=C=C(C(=O)O)c2ccccc2)cc1. The Kier molecular flexibility index (Phi) is 5.52. The van der Waals surface area contributed by atoms with Crippen LogP contribution in [0.25, 0.3) is 5.57 Å². The summed E-state index contributed by atoms with van der Waals surface area (Å²) in [5, 5.41) is 9.23. The van der Waals surface area contributed by atoms with E-state index in [-0.39, 0.29) is 5.57 Å². The van der Waals surface area contributed by atoms with Crippen LogP contribution < -0.4 is 4.74 Å². The van der Waals surface area contributed by atoms with Gasteiger partial charge in [-0.3, -0.25) is 0 Å². The number of carboxylic acids is 1. The quantitative estimate of drug-likeness (QED) is 0.658. The molecule has 4 heteroatoms. The molecule has 2 aromatic rings. The molecule has 0 aliphatic rings. The molecule has 0 bridgehead atoms. The van der Waals surface area contributed by atoms with E-state index in [1.165, 1.54) is 0 Å². The molecule has 0 radical (unpaired) electrons. The van der Waals surface area contributed by atoms with E-state index in [2.05, 4.69) is 10.9 Å². The predicted molar refractivity (Wildman–Crippen MR) is 86.5 cm³/mol. The Morgan fingerprint density at radius 2 is 1.82 bits per heavy atom. The van der Waals surface area contributed by atoms with Crippen LogP contribution in [0.5, 0.6) is 5.75 Å². The maximum Gasteiger partial charge on any atom is 0.345 e. The summed E-state index contributed by atoms with van der Waals surface area (Å²) in [7, 11) is 1.63. The fourth-order valence-corrected chi connectivity index (χ4v) is 1.95. The third-order valence-corrected chi connectivity index (χ3v) is 3.14. The second kappa shape index (κ2) is 7.81. The summed E-state index contributed by atoms with van der Waals surface area (Å²) in [6, 6.07) is 16.6. The van der Waals surface area contributed by atoms with Gasteiger partial charge in [0.25, 0.3) is 0 Å². The normalized spacial score (nSPS) is 9.68. The second-order valence-corrected chi connectivity index (χ2v) is 4.64. The zero-order chi connectivity index (χ0) is 15.8. The standard InChI is InChI=1S/C18H17NO3/c1-22-16-9-7-14(8-10-16)11-12-19-13-17(18(20)21)15-5-3-2-4-6-15/h2-10H,11-12H2,1H3,(H,20,21). The van der Waals surface area contributed by atoms with E-state index in [0.717, 1.165) is 17.7 Å². The van der Waals surface area contributed by atoms with Gasteiger partial charge in [0, 0.05) is 0 Å². The van der Waals surface area contributed by atoms with Gasteiger partial charge in [0.15, 0.2) is 0 Å².